The van der Waals surface area contributed by atoms with E-state index < -0.39 is 0 Å². The van der Waals surface area contributed by atoms with Crippen LogP contribution in [0.3, 0.4) is 0 Å². The van der Waals surface area contributed by atoms with Crippen molar-refractivity contribution in [3.05, 3.63) is 17.7 Å². The Bertz CT molecular complexity index is 764. The molecule has 2 heterocycles. The monoisotopic (exact) mass is 360 g/mol. The van der Waals surface area contributed by atoms with Crippen molar-refractivity contribution in [3.63, 3.8) is 0 Å². The third-order valence-electron chi connectivity index (χ3n) is 5.01. The SMILES string of the molecule is COc1cc(C(=O)NC2CCCC2)cc2sc(N3CCNCC3)nc12. The number of carbonyl (C=O) groups is 1. The Hall–Kier alpha value is -1.86. The van der Waals surface area contributed by atoms with Crippen LogP contribution in [-0.4, -0.2) is 50.2 Å². The van der Waals surface area contributed by atoms with Crippen LogP contribution in [0.25, 0.3) is 10.2 Å². The van der Waals surface area contributed by atoms with E-state index in [2.05, 4.69) is 15.5 Å². The second-order valence-electron chi connectivity index (χ2n) is 6.71. The predicted molar refractivity (Wildman–Crippen MR) is 101 cm³/mol. The van der Waals surface area contributed by atoms with E-state index in [-0.39, 0.29) is 5.91 Å². The summed E-state index contributed by atoms with van der Waals surface area (Å²) in [7, 11) is 1.64. The minimum absolute atomic E-state index is 0.00998. The van der Waals surface area contributed by atoms with Crippen molar-refractivity contribution in [3.8, 4) is 5.75 Å². The van der Waals surface area contributed by atoms with Gasteiger partial charge in [0.15, 0.2) is 5.13 Å². The Morgan fingerprint density at radius 1 is 1.32 bits per heavy atom. The molecular weight excluding hydrogens is 336 g/mol. The molecule has 2 aromatic rings. The summed E-state index contributed by atoms with van der Waals surface area (Å²) >= 11 is 1.63. The third kappa shape index (κ3) is 3.43. The average molecular weight is 360 g/mol. The van der Waals surface area contributed by atoms with Crippen molar-refractivity contribution in [2.75, 3.05) is 38.2 Å². The molecule has 0 spiro atoms. The van der Waals surface area contributed by atoms with Gasteiger partial charge in [-0.3, -0.25) is 4.79 Å². The van der Waals surface area contributed by atoms with Crippen LogP contribution in [0.15, 0.2) is 12.1 Å². The number of hydrogen-bond donors (Lipinski definition) is 2. The molecule has 4 rings (SSSR count). The van der Waals surface area contributed by atoms with E-state index in [0.717, 1.165) is 54.4 Å². The van der Waals surface area contributed by atoms with Gasteiger partial charge in [-0.15, -0.1) is 0 Å². The Kier molecular flexibility index (Phi) is 4.76. The van der Waals surface area contributed by atoms with Crippen molar-refractivity contribution < 1.29 is 9.53 Å². The molecule has 7 heteroatoms. The van der Waals surface area contributed by atoms with Crippen LogP contribution < -0.4 is 20.3 Å². The van der Waals surface area contributed by atoms with E-state index in [4.69, 9.17) is 9.72 Å². The van der Waals surface area contributed by atoms with E-state index in [9.17, 15) is 4.79 Å². The summed E-state index contributed by atoms with van der Waals surface area (Å²) < 4.78 is 6.53. The van der Waals surface area contributed by atoms with Gasteiger partial charge in [-0.2, -0.15) is 0 Å². The fraction of sp³-hybridized carbons (Fsp3) is 0.556. The van der Waals surface area contributed by atoms with Gasteiger partial charge in [0.05, 0.1) is 11.8 Å². The Morgan fingerprint density at radius 3 is 2.80 bits per heavy atom. The summed E-state index contributed by atoms with van der Waals surface area (Å²) in [5.74, 6) is 0.663. The number of thiazole rings is 1. The van der Waals surface area contributed by atoms with Crippen molar-refractivity contribution in [1.82, 2.24) is 15.6 Å². The normalized spacial score (nSPS) is 18.7. The lowest BCUT2D eigenvalue weighted by molar-refractivity contribution is 0.0937. The van der Waals surface area contributed by atoms with Crippen LogP contribution in [0.2, 0.25) is 0 Å². The Labute approximate surface area is 151 Å². The maximum atomic E-state index is 12.6. The largest absolute Gasteiger partial charge is 0.494 e. The van der Waals surface area contributed by atoms with E-state index in [1.807, 2.05) is 12.1 Å². The lowest BCUT2D eigenvalue weighted by Crippen LogP contribution is -2.43. The smallest absolute Gasteiger partial charge is 0.251 e. The molecule has 2 fully saturated rings. The summed E-state index contributed by atoms with van der Waals surface area (Å²) in [6.07, 6.45) is 4.57. The predicted octanol–water partition coefficient (Wildman–Crippen LogP) is 2.39. The van der Waals surface area contributed by atoms with Gasteiger partial charge in [0.1, 0.15) is 11.3 Å². The van der Waals surface area contributed by atoms with Gasteiger partial charge in [-0.1, -0.05) is 24.2 Å². The zero-order valence-corrected chi connectivity index (χ0v) is 15.3. The van der Waals surface area contributed by atoms with Crippen LogP contribution >= 0.6 is 11.3 Å². The first-order valence-corrected chi connectivity index (χ1v) is 9.81. The lowest BCUT2D eigenvalue weighted by Gasteiger charge is -2.26. The van der Waals surface area contributed by atoms with Crippen molar-refractivity contribution in [1.29, 1.82) is 0 Å². The van der Waals surface area contributed by atoms with Gasteiger partial charge in [-0.05, 0) is 25.0 Å². The number of piperazine rings is 1. The first-order chi connectivity index (χ1) is 12.2. The molecular formula is C18H24N4O2S. The molecule has 25 heavy (non-hydrogen) atoms. The first kappa shape index (κ1) is 16.6. The number of nitrogens with zero attached hydrogens (tertiary/aromatic N) is 2. The molecule has 0 atom stereocenters. The number of benzene rings is 1. The highest BCUT2D eigenvalue weighted by molar-refractivity contribution is 7.22. The molecule has 1 aromatic carbocycles. The number of carbonyl (C=O) groups excluding carboxylic acids is 1. The fourth-order valence-corrected chi connectivity index (χ4v) is 4.68. The number of hydrogen-bond acceptors (Lipinski definition) is 6. The van der Waals surface area contributed by atoms with E-state index >= 15 is 0 Å². The van der Waals surface area contributed by atoms with Gasteiger partial charge >= 0.3 is 0 Å². The summed E-state index contributed by atoms with van der Waals surface area (Å²) in [6, 6.07) is 4.08. The molecule has 1 aliphatic carbocycles. The number of nitrogens with one attached hydrogen (secondary N) is 2. The molecule has 0 unspecified atom stereocenters. The van der Waals surface area contributed by atoms with Crippen LogP contribution in [0.4, 0.5) is 5.13 Å². The second-order valence-corrected chi connectivity index (χ2v) is 7.72. The first-order valence-electron chi connectivity index (χ1n) is 8.99. The molecule has 1 amide bonds. The van der Waals surface area contributed by atoms with Crippen LogP contribution in [0.5, 0.6) is 5.75 Å². The summed E-state index contributed by atoms with van der Waals surface area (Å²) in [5, 5.41) is 7.51. The Balaban J connectivity index is 1.63. The van der Waals surface area contributed by atoms with Gasteiger partial charge in [-0.25, -0.2) is 4.98 Å². The zero-order chi connectivity index (χ0) is 17.2. The van der Waals surface area contributed by atoms with Gasteiger partial charge < -0.3 is 20.3 Å². The Morgan fingerprint density at radius 2 is 2.08 bits per heavy atom. The second kappa shape index (κ2) is 7.17. The summed E-state index contributed by atoms with van der Waals surface area (Å²) in [6.45, 7) is 3.86. The number of anilines is 1. The number of amides is 1. The average Bonchev–Trinajstić information content (AvgIpc) is 3.30. The molecule has 0 radical (unpaired) electrons. The van der Waals surface area contributed by atoms with Gasteiger partial charge in [0.2, 0.25) is 0 Å². The molecule has 0 bridgehead atoms. The standard InChI is InChI=1S/C18H24N4O2S/c1-24-14-10-12(17(23)20-13-4-2-3-5-13)11-15-16(14)21-18(25-15)22-8-6-19-7-9-22/h10-11,13,19H,2-9H2,1H3,(H,20,23). The van der Waals surface area contributed by atoms with Crippen molar-refractivity contribution in [2.24, 2.45) is 0 Å². The minimum Gasteiger partial charge on any atom is -0.494 e. The lowest BCUT2D eigenvalue weighted by atomic mass is 10.1. The molecule has 1 saturated heterocycles. The van der Waals surface area contributed by atoms with Crippen LogP contribution in [-0.2, 0) is 0 Å². The molecule has 2 N–H and O–H groups in total. The zero-order valence-electron chi connectivity index (χ0n) is 14.5. The van der Waals surface area contributed by atoms with Crippen molar-refractivity contribution >= 4 is 32.6 Å². The quantitative estimate of drug-likeness (QED) is 0.876. The molecule has 2 aliphatic rings. The third-order valence-corrected chi connectivity index (χ3v) is 6.07. The van der Waals surface area contributed by atoms with Gasteiger partial charge in [0, 0.05) is 37.8 Å². The molecule has 134 valence electrons. The minimum atomic E-state index is -0.00998. The van der Waals surface area contributed by atoms with E-state index in [1.165, 1.54) is 12.8 Å². The van der Waals surface area contributed by atoms with E-state index in [1.54, 1.807) is 18.4 Å². The maximum absolute atomic E-state index is 12.6. The van der Waals surface area contributed by atoms with Crippen LogP contribution in [0, 0.1) is 0 Å². The highest BCUT2D eigenvalue weighted by Crippen LogP contribution is 2.35. The van der Waals surface area contributed by atoms with Crippen molar-refractivity contribution in [2.45, 2.75) is 31.7 Å². The highest BCUT2D eigenvalue weighted by atomic mass is 32.1. The topological polar surface area (TPSA) is 66.5 Å². The molecule has 1 saturated carbocycles. The number of rotatable bonds is 4. The summed E-state index contributed by atoms with van der Waals surface area (Å²) in [5.41, 5.74) is 1.50. The molecule has 6 nitrogen and oxygen atoms in total. The molecule has 1 aliphatic heterocycles. The number of aromatic nitrogens is 1. The highest BCUT2D eigenvalue weighted by Gasteiger charge is 2.21. The fourth-order valence-electron chi connectivity index (χ4n) is 3.60. The van der Waals surface area contributed by atoms with Gasteiger partial charge in [0.25, 0.3) is 5.91 Å². The maximum Gasteiger partial charge on any atom is 0.251 e. The summed E-state index contributed by atoms with van der Waals surface area (Å²) in [4.78, 5) is 19.7. The number of methoxy groups -OCH3 is 1. The van der Waals surface area contributed by atoms with Crippen LogP contribution in [0.1, 0.15) is 36.0 Å². The number of ether oxygens (including phenoxy) is 1. The number of fused-ring (bicyclic) bond motifs is 1. The van der Waals surface area contributed by atoms with E-state index in [0.29, 0.717) is 17.4 Å². The molecule has 1 aromatic heterocycles.